The van der Waals surface area contributed by atoms with Crippen molar-refractivity contribution in [3.8, 4) is 0 Å². The van der Waals surface area contributed by atoms with Crippen molar-refractivity contribution in [3.05, 3.63) is 30.4 Å². The van der Waals surface area contributed by atoms with Gasteiger partial charge in [0.25, 0.3) is 0 Å². The zero-order valence-electron chi connectivity index (χ0n) is 9.56. The van der Waals surface area contributed by atoms with Crippen molar-refractivity contribution in [3.63, 3.8) is 0 Å². The fourth-order valence-electron chi connectivity index (χ4n) is 1.91. The molecule has 0 aliphatic rings. The number of nitrogens with zero attached hydrogens (tertiary/aromatic N) is 3. The van der Waals surface area contributed by atoms with Gasteiger partial charge in [-0.05, 0) is 12.1 Å². The number of oxazole rings is 1. The molecule has 0 N–H and O–H groups in total. The third-order valence-corrected chi connectivity index (χ3v) is 2.73. The lowest BCUT2D eigenvalue weighted by molar-refractivity contribution is 0.544. The first-order chi connectivity index (χ1) is 7.57. The molecule has 0 radical (unpaired) electrons. The van der Waals surface area contributed by atoms with Gasteiger partial charge in [-0.15, -0.1) is 0 Å². The zero-order chi connectivity index (χ0) is 11.3. The van der Waals surface area contributed by atoms with Crippen LogP contribution in [-0.2, 0) is 5.41 Å². The number of imidazole rings is 1. The minimum atomic E-state index is 0.0283. The van der Waals surface area contributed by atoms with Crippen molar-refractivity contribution in [2.24, 2.45) is 0 Å². The third kappa shape index (κ3) is 1.16. The molecule has 0 atom stereocenters. The molecule has 0 aliphatic carbocycles. The monoisotopic (exact) mass is 215 g/mol. The van der Waals surface area contributed by atoms with Crippen LogP contribution in [0.5, 0.6) is 0 Å². The van der Waals surface area contributed by atoms with E-state index in [-0.39, 0.29) is 5.41 Å². The zero-order valence-corrected chi connectivity index (χ0v) is 9.56. The summed E-state index contributed by atoms with van der Waals surface area (Å²) in [6.45, 7) is 6.48. The molecule has 4 heteroatoms. The van der Waals surface area contributed by atoms with Gasteiger partial charge >= 0.3 is 0 Å². The number of fused-ring (bicyclic) bond motifs is 3. The molecule has 0 unspecified atom stereocenters. The van der Waals surface area contributed by atoms with Gasteiger partial charge in [0.15, 0.2) is 6.39 Å². The van der Waals surface area contributed by atoms with Gasteiger partial charge in [0.1, 0.15) is 11.2 Å². The molecule has 0 spiro atoms. The van der Waals surface area contributed by atoms with Gasteiger partial charge in [-0.2, -0.15) is 0 Å². The lowest BCUT2D eigenvalue weighted by atomic mass is 9.93. The standard InChI is InChI=1S/C12H13N3O/c1-12(2,3)9-6-13-10-5-4-8-11(15(9)10)16-7-14-8/h4-7H,1-3H3. The van der Waals surface area contributed by atoms with Crippen LogP contribution in [0.1, 0.15) is 26.5 Å². The van der Waals surface area contributed by atoms with E-state index in [0.717, 1.165) is 22.6 Å². The molecule has 16 heavy (non-hydrogen) atoms. The predicted octanol–water partition coefficient (Wildman–Crippen LogP) is 2.77. The third-order valence-electron chi connectivity index (χ3n) is 2.73. The first kappa shape index (κ1) is 9.39. The van der Waals surface area contributed by atoms with Crippen LogP contribution in [0.15, 0.2) is 29.1 Å². The van der Waals surface area contributed by atoms with E-state index in [9.17, 15) is 0 Å². The summed E-state index contributed by atoms with van der Waals surface area (Å²) in [7, 11) is 0. The summed E-state index contributed by atoms with van der Waals surface area (Å²) in [4.78, 5) is 8.55. The van der Waals surface area contributed by atoms with E-state index in [2.05, 4.69) is 30.7 Å². The van der Waals surface area contributed by atoms with E-state index in [0.29, 0.717) is 0 Å². The Morgan fingerprint density at radius 3 is 2.75 bits per heavy atom. The number of hydrogen-bond donors (Lipinski definition) is 0. The van der Waals surface area contributed by atoms with Crippen LogP contribution in [0.3, 0.4) is 0 Å². The van der Waals surface area contributed by atoms with Crippen molar-refractivity contribution < 1.29 is 4.42 Å². The second kappa shape index (κ2) is 2.84. The van der Waals surface area contributed by atoms with Crippen LogP contribution in [0.4, 0.5) is 0 Å². The molecule has 3 heterocycles. The lowest BCUT2D eigenvalue weighted by Crippen LogP contribution is -2.14. The topological polar surface area (TPSA) is 43.3 Å². The maximum Gasteiger partial charge on any atom is 0.233 e. The van der Waals surface area contributed by atoms with E-state index in [4.69, 9.17) is 4.42 Å². The van der Waals surface area contributed by atoms with Crippen LogP contribution < -0.4 is 0 Å². The molecule has 3 rings (SSSR count). The Morgan fingerprint density at radius 1 is 1.19 bits per heavy atom. The lowest BCUT2D eigenvalue weighted by Gasteiger charge is -2.17. The summed E-state index contributed by atoms with van der Waals surface area (Å²) in [6, 6.07) is 3.88. The molecule has 3 aromatic heterocycles. The first-order valence-electron chi connectivity index (χ1n) is 5.27. The summed E-state index contributed by atoms with van der Waals surface area (Å²) in [6.07, 6.45) is 3.37. The van der Waals surface area contributed by atoms with E-state index in [1.54, 1.807) is 0 Å². The van der Waals surface area contributed by atoms with Gasteiger partial charge < -0.3 is 4.42 Å². The minimum Gasteiger partial charge on any atom is -0.426 e. The highest BCUT2D eigenvalue weighted by molar-refractivity contribution is 5.73. The Balaban J connectivity index is 2.51. The molecule has 0 aromatic carbocycles. The smallest absolute Gasteiger partial charge is 0.233 e. The number of hydrogen-bond acceptors (Lipinski definition) is 3. The van der Waals surface area contributed by atoms with E-state index < -0.39 is 0 Å². The Kier molecular flexibility index (Phi) is 1.67. The predicted molar refractivity (Wildman–Crippen MR) is 61.5 cm³/mol. The molecule has 0 aliphatic heterocycles. The fraction of sp³-hybridized carbons (Fsp3) is 0.333. The molecule has 4 nitrogen and oxygen atoms in total. The Bertz CT molecular complexity index is 658. The molecule has 0 amide bonds. The summed E-state index contributed by atoms with van der Waals surface area (Å²) in [5, 5.41) is 0. The van der Waals surface area contributed by atoms with Crippen LogP contribution in [0, 0.1) is 0 Å². The average Bonchev–Trinajstić information content (AvgIpc) is 2.81. The van der Waals surface area contributed by atoms with Crippen LogP contribution in [-0.4, -0.2) is 14.4 Å². The molecular formula is C12H13N3O. The number of rotatable bonds is 0. The van der Waals surface area contributed by atoms with E-state index in [1.807, 2.05) is 22.7 Å². The van der Waals surface area contributed by atoms with Crippen LogP contribution >= 0.6 is 0 Å². The largest absolute Gasteiger partial charge is 0.426 e. The second-order valence-electron chi connectivity index (χ2n) is 4.96. The maximum atomic E-state index is 5.44. The number of pyridine rings is 1. The maximum absolute atomic E-state index is 5.44. The van der Waals surface area contributed by atoms with Gasteiger partial charge in [-0.3, -0.25) is 4.40 Å². The highest BCUT2D eigenvalue weighted by Gasteiger charge is 2.20. The molecule has 0 saturated carbocycles. The van der Waals surface area contributed by atoms with Crippen molar-refractivity contribution >= 4 is 16.9 Å². The minimum absolute atomic E-state index is 0.0283. The molecule has 82 valence electrons. The van der Waals surface area contributed by atoms with Crippen molar-refractivity contribution in [2.75, 3.05) is 0 Å². The summed E-state index contributed by atoms with van der Waals surface area (Å²) in [5.74, 6) is 0. The summed E-state index contributed by atoms with van der Waals surface area (Å²) >= 11 is 0. The van der Waals surface area contributed by atoms with Gasteiger partial charge in [0.2, 0.25) is 5.71 Å². The van der Waals surface area contributed by atoms with Gasteiger partial charge in [0, 0.05) is 11.6 Å². The highest BCUT2D eigenvalue weighted by Crippen LogP contribution is 2.26. The highest BCUT2D eigenvalue weighted by atomic mass is 16.3. The fourth-order valence-corrected chi connectivity index (χ4v) is 1.91. The first-order valence-corrected chi connectivity index (χ1v) is 5.27. The van der Waals surface area contributed by atoms with Crippen LogP contribution in [0.25, 0.3) is 16.9 Å². The second-order valence-corrected chi connectivity index (χ2v) is 4.96. The molecular weight excluding hydrogens is 202 g/mol. The molecule has 0 fully saturated rings. The molecule has 0 bridgehead atoms. The Labute approximate surface area is 92.9 Å². The molecule has 0 saturated heterocycles. The van der Waals surface area contributed by atoms with Crippen molar-refractivity contribution in [2.45, 2.75) is 26.2 Å². The van der Waals surface area contributed by atoms with E-state index >= 15 is 0 Å². The van der Waals surface area contributed by atoms with Gasteiger partial charge in [-0.1, -0.05) is 20.8 Å². The van der Waals surface area contributed by atoms with Gasteiger partial charge in [0.05, 0.1) is 5.69 Å². The van der Waals surface area contributed by atoms with Crippen molar-refractivity contribution in [1.82, 2.24) is 14.4 Å². The number of aromatic nitrogens is 3. The summed E-state index contributed by atoms with van der Waals surface area (Å²) in [5.41, 5.74) is 3.68. The SMILES string of the molecule is CC(C)(C)c1cnc2ccc3ncoc3n12. The Hall–Kier alpha value is -1.84. The van der Waals surface area contributed by atoms with Gasteiger partial charge in [-0.25, -0.2) is 9.97 Å². The average molecular weight is 215 g/mol. The summed E-state index contributed by atoms with van der Waals surface area (Å²) < 4.78 is 7.47. The molecule has 3 aromatic rings. The normalized spacial score (nSPS) is 12.7. The van der Waals surface area contributed by atoms with Crippen molar-refractivity contribution in [1.29, 1.82) is 0 Å². The Morgan fingerprint density at radius 2 is 2.00 bits per heavy atom. The van der Waals surface area contributed by atoms with Crippen LogP contribution in [0.2, 0.25) is 0 Å². The van der Waals surface area contributed by atoms with E-state index in [1.165, 1.54) is 6.39 Å². The quantitative estimate of drug-likeness (QED) is 0.579.